The van der Waals surface area contributed by atoms with Gasteiger partial charge in [-0.1, -0.05) is 0 Å². The van der Waals surface area contributed by atoms with Crippen molar-refractivity contribution in [3.8, 4) is 0 Å². The molecule has 2 rings (SSSR count). The third-order valence-corrected chi connectivity index (χ3v) is 2.57. The van der Waals surface area contributed by atoms with Gasteiger partial charge in [-0.15, -0.1) is 0 Å². The molecule has 0 aromatic carbocycles. The Morgan fingerprint density at radius 3 is 2.69 bits per heavy atom. The Morgan fingerprint density at radius 2 is 2.12 bits per heavy atom. The molecule has 0 radical (unpaired) electrons. The van der Waals surface area contributed by atoms with Gasteiger partial charge >= 0.3 is 0 Å². The van der Waals surface area contributed by atoms with Crippen LogP contribution in [0.4, 0.5) is 5.69 Å². The maximum atomic E-state index is 4.22. The average molecular weight is 219 g/mol. The van der Waals surface area contributed by atoms with E-state index in [0.717, 1.165) is 12.2 Å². The van der Waals surface area contributed by atoms with Crippen molar-refractivity contribution in [2.45, 2.75) is 26.4 Å². The van der Waals surface area contributed by atoms with Crippen LogP contribution in [0, 0.1) is 0 Å². The Morgan fingerprint density at radius 1 is 1.31 bits per heavy atom. The lowest BCUT2D eigenvalue weighted by molar-refractivity contribution is 0.660. The Labute approximate surface area is 95.1 Å². The lowest BCUT2D eigenvalue weighted by Crippen LogP contribution is -2.05. The monoisotopic (exact) mass is 219 g/mol. The molecule has 0 amide bonds. The molecule has 2 aromatic heterocycles. The molecule has 1 unspecified atom stereocenters. The summed E-state index contributed by atoms with van der Waals surface area (Å²) >= 11 is 0. The van der Waals surface area contributed by atoms with E-state index in [1.165, 1.54) is 5.56 Å². The molecule has 0 saturated carbocycles. The molecule has 16 heavy (non-hydrogen) atoms. The van der Waals surface area contributed by atoms with Crippen LogP contribution in [0.2, 0.25) is 0 Å². The van der Waals surface area contributed by atoms with E-state index >= 15 is 0 Å². The number of hydrogen-bond acceptors (Lipinski definition) is 3. The molecule has 86 valence electrons. The van der Waals surface area contributed by atoms with E-state index in [-0.39, 0.29) is 6.04 Å². The van der Waals surface area contributed by atoms with Crippen LogP contribution < -0.4 is 5.32 Å². The van der Waals surface area contributed by atoms with Crippen LogP contribution in [0.25, 0.3) is 0 Å². The highest BCUT2D eigenvalue weighted by molar-refractivity contribution is 5.40. The van der Waals surface area contributed by atoms with Crippen LogP contribution in [0.1, 0.15) is 25.5 Å². The molecule has 5 heteroatoms. The molecular weight excluding hydrogens is 202 g/mol. The second-order valence-corrected chi connectivity index (χ2v) is 3.90. The summed E-state index contributed by atoms with van der Waals surface area (Å²) in [7, 11) is 1.92. The molecular formula is C11H17N5. The van der Waals surface area contributed by atoms with Gasteiger partial charge in [-0.05, 0) is 13.8 Å². The molecule has 0 aliphatic heterocycles. The van der Waals surface area contributed by atoms with Gasteiger partial charge in [0, 0.05) is 31.5 Å². The average Bonchev–Trinajstić information content (AvgIpc) is 2.87. The van der Waals surface area contributed by atoms with Crippen molar-refractivity contribution in [3.63, 3.8) is 0 Å². The molecule has 1 N–H and O–H groups in total. The van der Waals surface area contributed by atoms with Gasteiger partial charge in [-0.25, -0.2) is 0 Å². The fourth-order valence-electron chi connectivity index (χ4n) is 1.61. The highest BCUT2D eigenvalue weighted by atomic mass is 15.3. The first-order valence-electron chi connectivity index (χ1n) is 5.46. The fourth-order valence-corrected chi connectivity index (χ4v) is 1.61. The molecule has 0 spiro atoms. The van der Waals surface area contributed by atoms with E-state index in [1.54, 1.807) is 0 Å². The lowest BCUT2D eigenvalue weighted by atomic mass is 10.2. The van der Waals surface area contributed by atoms with Gasteiger partial charge in [0.15, 0.2) is 0 Å². The predicted molar refractivity (Wildman–Crippen MR) is 63.1 cm³/mol. The van der Waals surface area contributed by atoms with Crippen molar-refractivity contribution in [1.82, 2.24) is 19.6 Å². The Hall–Kier alpha value is -1.78. The van der Waals surface area contributed by atoms with Crippen LogP contribution in [0.3, 0.4) is 0 Å². The van der Waals surface area contributed by atoms with Gasteiger partial charge in [0.2, 0.25) is 0 Å². The first kappa shape index (κ1) is 10.7. The molecule has 0 bridgehead atoms. The van der Waals surface area contributed by atoms with E-state index in [1.807, 2.05) is 41.2 Å². The topological polar surface area (TPSA) is 47.7 Å². The molecule has 0 aliphatic rings. The van der Waals surface area contributed by atoms with Crippen LogP contribution in [-0.4, -0.2) is 19.6 Å². The third kappa shape index (κ3) is 2.24. The largest absolute Gasteiger partial charge is 0.376 e. The van der Waals surface area contributed by atoms with Crippen molar-refractivity contribution in [3.05, 3.63) is 30.4 Å². The molecule has 0 aliphatic carbocycles. The Balaban J connectivity index is 2.04. The normalized spacial score (nSPS) is 12.7. The minimum Gasteiger partial charge on any atom is -0.376 e. The highest BCUT2D eigenvalue weighted by Gasteiger charge is 2.08. The quantitative estimate of drug-likeness (QED) is 0.853. The van der Waals surface area contributed by atoms with E-state index in [2.05, 4.69) is 29.4 Å². The summed E-state index contributed by atoms with van der Waals surface area (Å²) in [5, 5.41) is 11.8. The van der Waals surface area contributed by atoms with Crippen molar-refractivity contribution in [2.24, 2.45) is 7.05 Å². The van der Waals surface area contributed by atoms with Crippen molar-refractivity contribution in [2.75, 3.05) is 5.32 Å². The first-order chi connectivity index (χ1) is 7.69. The second kappa shape index (κ2) is 4.38. The van der Waals surface area contributed by atoms with Crippen molar-refractivity contribution < 1.29 is 0 Å². The molecule has 1 atom stereocenters. The fraction of sp³-hybridized carbons (Fsp3) is 0.455. The summed E-state index contributed by atoms with van der Waals surface area (Å²) in [6.45, 7) is 5.07. The van der Waals surface area contributed by atoms with E-state index in [0.29, 0.717) is 0 Å². The maximum absolute atomic E-state index is 4.22. The minimum atomic E-state index is 0.239. The number of aryl methyl sites for hydroxylation is 2. The Bertz CT molecular complexity index is 456. The van der Waals surface area contributed by atoms with Crippen LogP contribution in [0.15, 0.2) is 24.8 Å². The van der Waals surface area contributed by atoms with Gasteiger partial charge in [-0.3, -0.25) is 9.36 Å². The number of nitrogens with one attached hydrogen (secondary N) is 1. The number of aromatic nitrogens is 4. The lowest BCUT2D eigenvalue weighted by Gasteiger charge is -2.10. The number of nitrogens with zero attached hydrogens (tertiary/aromatic N) is 4. The Kier molecular flexibility index (Phi) is 2.94. The second-order valence-electron chi connectivity index (χ2n) is 3.90. The minimum absolute atomic E-state index is 0.239. The summed E-state index contributed by atoms with van der Waals surface area (Å²) in [6.07, 6.45) is 7.74. The standard InChI is InChI=1S/C11H17N5/c1-4-16-8-11(6-13-16)14-9(2)10-5-12-15(3)7-10/h5-9,14H,4H2,1-3H3. The zero-order chi connectivity index (χ0) is 11.5. The number of hydrogen-bond donors (Lipinski definition) is 1. The summed E-state index contributed by atoms with van der Waals surface area (Å²) in [6, 6.07) is 0.239. The number of rotatable bonds is 4. The van der Waals surface area contributed by atoms with Gasteiger partial charge in [0.1, 0.15) is 0 Å². The smallest absolute Gasteiger partial charge is 0.0731 e. The predicted octanol–water partition coefficient (Wildman–Crippen LogP) is 1.81. The summed E-state index contributed by atoms with van der Waals surface area (Å²) in [5.74, 6) is 0. The van der Waals surface area contributed by atoms with Gasteiger partial charge in [0.25, 0.3) is 0 Å². The van der Waals surface area contributed by atoms with Crippen molar-refractivity contribution in [1.29, 1.82) is 0 Å². The molecule has 2 heterocycles. The maximum Gasteiger partial charge on any atom is 0.0731 e. The van der Waals surface area contributed by atoms with Crippen LogP contribution >= 0.6 is 0 Å². The molecule has 5 nitrogen and oxygen atoms in total. The van der Waals surface area contributed by atoms with Crippen LogP contribution in [0.5, 0.6) is 0 Å². The highest BCUT2D eigenvalue weighted by Crippen LogP contribution is 2.17. The zero-order valence-electron chi connectivity index (χ0n) is 9.88. The first-order valence-corrected chi connectivity index (χ1v) is 5.46. The summed E-state index contributed by atoms with van der Waals surface area (Å²) in [4.78, 5) is 0. The summed E-state index contributed by atoms with van der Waals surface area (Å²) < 4.78 is 3.71. The van der Waals surface area contributed by atoms with E-state index in [9.17, 15) is 0 Å². The van der Waals surface area contributed by atoms with Gasteiger partial charge in [-0.2, -0.15) is 10.2 Å². The summed E-state index contributed by atoms with van der Waals surface area (Å²) in [5.41, 5.74) is 2.21. The van der Waals surface area contributed by atoms with Crippen LogP contribution in [-0.2, 0) is 13.6 Å². The van der Waals surface area contributed by atoms with Crippen molar-refractivity contribution >= 4 is 5.69 Å². The molecule has 0 saturated heterocycles. The number of anilines is 1. The van der Waals surface area contributed by atoms with E-state index in [4.69, 9.17) is 0 Å². The van der Waals surface area contributed by atoms with E-state index < -0.39 is 0 Å². The van der Waals surface area contributed by atoms with Gasteiger partial charge in [0.05, 0.1) is 24.1 Å². The van der Waals surface area contributed by atoms with Gasteiger partial charge < -0.3 is 5.32 Å². The SMILES string of the molecule is CCn1cc(NC(C)c2cnn(C)c2)cn1. The molecule has 0 fully saturated rings. The molecule has 2 aromatic rings. The zero-order valence-corrected chi connectivity index (χ0v) is 9.88. The third-order valence-electron chi connectivity index (χ3n) is 2.57.